The molecule has 0 aliphatic carbocycles. The van der Waals surface area contributed by atoms with E-state index in [0.717, 1.165) is 0 Å². The summed E-state index contributed by atoms with van der Waals surface area (Å²) in [7, 11) is 0. The third-order valence-electron chi connectivity index (χ3n) is 0.905. The zero-order valence-electron chi connectivity index (χ0n) is 5.49. The van der Waals surface area contributed by atoms with Gasteiger partial charge in [0.15, 0.2) is 0 Å². The van der Waals surface area contributed by atoms with Crippen molar-refractivity contribution in [2.24, 2.45) is 0 Å². The molecule has 0 bridgehead atoms. The summed E-state index contributed by atoms with van der Waals surface area (Å²) >= 11 is 5.58. The second kappa shape index (κ2) is 7.21. The molecular weight excluding hydrogens is 179 g/mol. The van der Waals surface area contributed by atoms with Gasteiger partial charge in [-0.15, -0.1) is 0 Å². The Morgan fingerprint density at radius 2 is 1.45 bits per heavy atom. The molecule has 1 rings (SSSR count). The molecule has 1 aromatic rings. The van der Waals surface area contributed by atoms with E-state index in [0.29, 0.717) is 10.7 Å². The van der Waals surface area contributed by atoms with Crippen LogP contribution in [-0.4, -0.2) is 0 Å². The van der Waals surface area contributed by atoms with Crippen LogP contribution in [0.3, 0.4) is 0 Å². The molecule has 1 aromatic carbocycles. The average Bonchev–Trinajstić information content (AvgIpc) is 1.77. The molecule has 11 heavy (non-hydrogen) atoms. The predicted molar refractivity (Wildman–Crippen MR) is 43.4 cm³/mol. The summed E-state index contributed by atoms with van der Waals surface area (Å²) in [5, 5.41) is 0.618. The molecule has 0 unspecified atom stereocenters. The zero-order valence-corrected chi connectivity index (χ0v) is 6.25. The Kier molecular flexibility index (Phi) is 10.9. The van der Waals surface area contributed by atoms with E-state index in [1.807, 2.05) is 12.1 Å². The van der Waals surface area contributed by atoms with Gasteiger partial charge in [0.25, 0.3) is 0 Å². The molecule has 0 aliphatic rings. The van der Waals surface area contributed by atoms with E-state index in [2.05, 4.69) is 0 Å². The fourth-order valence-corrected chi connectivity index (χ4v) is 0.611. The van der Waals surface area contributed by atoms with Crippen molar-refractivity contribution >= 4 is 17.3 Å². The van der Waals surface area contributed by atoms with E-state index >= 15 is 0 Å². The van der Waals surface area contributed by atoms with Crippen LogP contribution in [0.1, 0.15) is 0 Å². The van der Waals surface area contributed by atoms with Crippen LogP contribution < -0.4 is 5.73 Å². The van der Waals surface area contributed by atoms with Crippen LogP contribution in [-0.2, 0) is 0 Å². The van der Waals surface area contributed by atoms with Crippen molar-refractivity contribution in [1.29, 1.82) is 0 Å². The first-order chi connectivity index (χ1) is 3.80. The van der Waals surface area contributed by atoms with Crippen LogP contribution >= 0.6 is 11.6 Å². The first-order valence-electron chi connectivity index (χ1n) is 2.31. The average molecular weight is 188 g/mol. The van der Waals surface area contributed by atoms with E-state index < -0.39 is 0 Å². The molecule has 0 fully saturated rings. The van der Waals surface area contributed by atoms with Gasteiger partial charge in [0.1, 0.15) is 0 Å². The number of benzene rings is 1. The third-order valence-corrected chi connectivity index (χ3v) is 1.25. The highest BCUT2D eigenvalue weighted by Crippen LogP contribution is 2.15. The monoisotopic (exact) mass is 187 g/mol. The van der Waals surface area contributed by atoms with Gasteiger partial charge in [0.2, 0.25) is 0 Å². The molecule has 1 nitrogen and oxygen atoms in total. The zero-order chi connectivity index (χ0) is 5.98. The van der Waals surface area contributed by atoms with Gasteiger partial charge in [-0.05, 0) is 12.1 Å². The summed E-state index contributed by atoms with van der Waals surface area (Å²) in [6.07, 6.45) is 0. The number of halogens is 4. The van der Waals surface area contributed by atoms with E-state index in [1.165, 1.54) is 0 Å². The first-order valence-corrected chi connectivity index (χ1v) is 2.68. The predicted octanol–water partition coefficient (Wildman–Crippen LogP) is 2.38. The van der Waals surface area contributed by atoms with Crippen LogP contribution in [0.25, 0.3) is 0 Å². The molecule has 0 saturated carbocycles. The summed E-state index contributed by atoms with van der Waals surface area (Å²) in [6, 6.07) is 7.22. The highest BCUT2D eigenvalue weighted by Gasteiger charge is 1.87. The number of para-hydroxylation sites is 1. The molecule has 66 valence electrons. The van der Waals surface area contributed by atoms with E-state index in [-0.39, 0.29) is 14.1 Å². The van der Waals surface area contributed by atoms with Crippen LogP contribution in [0, 0.1) is 0 Å². The van der Waals surface area contributed by atoms with E-state index in [4.69, 9.17) is 17.3 Å². The maximum atomic E-state index is 5.58. The number of nitrogens with two attached hydrogens (primary N) is 1. The molecule has 0 spiro atoms. The lowest BCUT2D eigenvalue weighted by Gasteiger charge is -1.91. The van der Waals surface area contributed by atoms with Crippen molar-refractivity contribution in [2.45, 2.75) is 0 Å². The molecule has 0 amide bonds. The molecule has 5 heteroatoms. The summed E-state index contributed by atoms with van der Waals surface area (Å²) in [5.41, 5.74) is 6.02. The molecule has 0 aromatic heterocycles. The van der Waals surface area contributed by atoms with Crippen molar-refractivity contribution in [3.63, 3.8) is 0 Å². The Morgan fingerprint density at radius 3 is 1.73 bits per heavy atom. The lowest BCUT2D eigenvalue weighted by molar-refractivity contribution is 1.11. The van der Waals surface area contributed by atoms with Crippen molar-refractivity contribution in [2.75, 3.05) is 5.73 Å². The van der Waals surface area contributed by atoms with Crippen molar-refractivity contribution in [3.05, 3.63) is 29.3 Å². The molecular formula is C6H9ClF3N. The molecule has 0 saturated heterocycles. The van der Waals surface area contributed by atoms with E-state index in [9.17, 15) is 0 Å². The van der Waals surface area contributed by atoms with Crippen molar-refractivity contribution in [3.8, 4) is 0 Å². The summed E-state index contributed by atoms with van der Waals surface area (Å²) in [6.45, 7) is 0. The molecule has 0 aliphatic heterocycles. The van der Waals surface area contributed by atoms with Gasteiger partial charge in [-0.1, -0.05) is 23.7 Å². The summed E-state index contributed by atoms with van der Waals surface area (Å²) in [5.74, 6) is 0. The van der Waals surface area contributed by atoms with E-state index in [1.54, 1.807) is 12.1 Å². The fourth-order valence-electron chi connectivity index (χ4n) is 0.475. The Labute approximate surface area is 67.3 Å². The second-order valence-electron chi connectivity index (χ2n) is 1.52. The Hall–Kier alpha value is -0.900. The van der Waals surface area contributed by atoms with Crippen molar-refractivity contribution in [1.82, 2.24) is 0 Å². The number of anilines is 1. The molecule has 0 heterocycles. The Morgan fingerprint density at radius 1 is 1.00 bits per heavy atom. The van der Waals surface area contributed by atoms with Crippen LogP contribution in [0.2, 0.25) is 5.02 Å². The number of hydrogen-bond acceptors (Lipinski definition) is 1. The number of nitrogen functional groups attached to an aromatic ring is 1. The lowest BCUT2D eigenvalue weighted by Crippen LogP contribution is -1.82. The largest absolute Gasteiger partial charge is 0.398 e. The van der Waals surface area contributed by atoms with Crippen molar-refractivity contribution < 1.29 is 14.1 Å². The van der Waals surface area contributed by atoms with Gasteiger partial charge in [-0.3, -0.25) is 14.1 Å². The highest BCUT2D eigenvalue weighted by molar-refractivity contribution is 6.33. The number of rotatable bonds is 0. The first kappa shape index (κ1) is 16.6. The summed E-state index contributed by atoms with van der Waals surface area (Å²) in [4.78, 5) is 0. The minimum atomic E-state index is 0. The minimum absolute atomic E-state index is 0. The van der Waals surface area contributed by atoms with Gasteiger partial charge in [0, 0.05) is 0 Å². The topological polar surface area (TPSA) is 26.0 Å². The third kappa shape index (κ3) is 4.50. The molecule has 2 N–H and O–H groups in total. The smallest absolute Gasteiger partial charge is 0.0635 e. The Balaban J connectivity index is -0.000000213. The molecule has 0 atom stereocenters. The fraction of sp³-hybridized carbons (Fsp3) is 0. The second-order valence-corrected chi connectivity index (χ2v) is 1.93. The maximum Gasteiger partial charge on any atom is 0.0635 e. The Bertz CT molecular complexity index is 174. The van der Waals surface area contributed by atoms with Gasteiger partial charge < -0.3 is 5.73 Å². The van der Waals surface area contributed by atoms with Crippen LogP contribution in [0.4, 0.5) is 19.8 Å². The quantitative estimate of drug-likeness (QED) is 0.620. The standard InChI is InChI=1S/C6H6ClN.3FH/c7-5-3-1-2-4-6(5)8;;;/h1-4H,8H2;3*1H. The van der Waals surface area contributed by atoms with Gasteiger partial charge in [-0.2, -0.15) is 0 Å². The summed E-state index contributed by atoms with van der Waals surface area (Å²) < 4.78 is 0. The highest BCUT2D eigenvalue weighted by atomic mass is 35.5. The maximum absolute atomic E-state index is 5.58. The normalized spacial score (nSPS) is 6.64. The van der Waals surface area contributed by atoms with Gasteiger partial charge in [-0.25, -0.2) is 0 Å². The molecule has 0 radical (unpaired) electrons. The van der Waals surface area contributed by atoms with Crippen LogP contribution in [0.15, 0.2) is 24.3 Å². The van der Waals surface area contributed by atoms with Crippen LogP contribution in [0.5, 0.6) is 0 Å². The SMILES string of the molecule is F.F.F.Nc1ccccc1Cl. The van der Waals surface area contributed by atoms with Gasteiger partial charge >= 0.3 is 0 Å². The number of hydrogen-bond donors (Lipinski definition) is 1. The van der Waals surface area contributed by atoms with Gasteiger partial charge in [0.05, 0.1) is 10.7 Å². The lowest BCUT2D eigenvalue weighted by atomic mass is 10.3. The minimum Gasteiger partial charge on any atom is -0.398 e.